The normalized spacial score (nSPS) is 20.5. The molecule has 1 rings (SSSR count). The number of likely N-dealkylation sites (N-methyl/N-ethyl adjacent to an activating group) is 1. The van der Waals surface area contributed by atoms with E-state index in [2.05, 4.69) is 12.2 Å². The van der Waals surface area contributed by atoms with E-state index < -0.39 is 0 Å². The van der Waals surface area contributed by atoms with Crippen LogP contribution in [0.5, 0.6) is 0 Å². The smallest absolute Gasteiger partial charge is 0.0623 e. The third-order valence-electron chi connectivity index (χ3n) is 2.63. The van der Waals surface area contributed by atoms with Crippen molar-refractivity contribution in [2.45, 2.75) is 51.2 Å². The molecule has 0 bridgehead atoms. The average molecular weight is 171 g/mol. The fourth-order valence-electron chi connectivity index (χ4n) is 1.45. The molecule has 1 unspecified atom stereocenters. The fourth-order valence-corrected chi connectivity index (χ4v) is 1.45. The van der Waals surface area contributed by atoms with Gasteiger partial charge < -0.3 is 10.1 Å². The van der Waals surface area contributed by atoms with Crippen LogP contribution in [-0.4, -0.2) is 25.8 Å². The third kappa shape index (κ3) is 3.11. The van der Waals surface area contributed by atoms with E-state index in [9.17, 15) is 0 Å². The van der Waals surface area contributed by atoms with Gasteiger partial charge in [-0.2, -0.15) is 0 Å². The summed E-state index contributed by atoms with van der Waals surface area (Å²) < 4.78 is 5.72. The molecule has 1 saturated carbocycles. The van der Waals surface area contributed by atoms with E-state index >= 15 is 0 Å². The zero-order valence-electron chi connectivity index (χ0n) is 8.31. The summed E-state index contributed by atoms with van der Waals surface area (Å²) in [4.78, 5) is 0. The highest BCUT2D eigenvalue weighted by atomic mass is 16.5. The highest BCUT2D eigenvalue weighted by Gasteiger charge is 2.18. The lowest BCUT2D eigenvalue weighted by Crippen LogP contribution is -2.34. The second-order valence-electron chi connectivity index (χ2n) is 3.66. The van der Waals surface area contributed by atoms with Crippen LogP contribution in [0.1, 0.15) is 39.0 Å². The van der Waals surface area contributed by atoms with Gasteiger partial charge in [-0.05, 0) is 32.7 Å². The zero-order valence-corrected chi connectivity index (χ0v) is 8.31. The van der Waals surface area contributed by atoms with Crippen molar-refractivity contribution < 1.29 is 4.74 Å². The Kier molecular flexibility index (Phi) is 4.62. The Morgan fingerprint density at radius 3 is 2.67 bits per heavy atom. The summed E-state index contributed by atoms with van der Waals surface area (Å²) in [7, 11) is 2.02. The van der Waals surface area contributed by atoms with Crippen LogP contribution in [0.15, 0.2) is 0 Å². The number of ether oxygens (including phenoxy) is 1. The Morgan fingerprint density at radius 2 is 2.25 bits per heavy atom. The number of nitrogens with one attached hydrogen (secondary N) is 1. The van der Waals surface area contributed by atoms with E-state index in [-0.39, 0.29) is 0 Å². The van der Waals surface area contributed by atoms with Gasteiger partial charge in [-0.1, -0.05) is 13.3 Å². The molecule has 0 aliphatic heterocycles. The maximum absolute atomic E-state index is 5.72. The SMILES string of the molecule is CCCC(COC1CCC1)NC. The van der Waals surface area contributed by atoms with Crippen molar-refractivity contribution >= 4 is 0 Å². The molecule has 0 radical (unpaired) electrons. The van der Waals surface area contributed by atoms with Crippen molar-refractivity contribution in [1.82, 2.24) is 5.32 Å². The predicted octanol–water partition coefficient (Wildman–Crippen LogP) is 1.94. The summed E-state index contributed by atoms with van der Waals surface area (Å²) in [6.07, 6.45) is 6.97. The van der Waals surface area contributed by atoms with Crippen LogP contribution in [0, 0.1) is 0 Å². The molecule has 1 aliphatic rings. The molecule has 2 heteroatoms. The van der Waals surface area contributed by atoms with Crippen molar-refractivity contribution in [3.63, 3.8) is 0 Å². The van der Waals surface area contributed by atoms with Crippen molar-refractivity contribution in [2.75, 3.05) is 13.7 Å². The number of hydrogen-bond donors (Lipinski definition) is 1. The Morgan fingerprint density at radius 1 is 1.50 bits per heavy atom. The quantitative estimate of drug-likeness (QED) is 0.659. The highest BCUT2D eigenvalue weighted by molar-refractivity contribution is 4.71. The van der Waals surface area contributed by atoms with Crippen molar-refractivity contribution in [2.24, 2.45) is 0 Å². The molecule has 72 valence electrons. The molecule has 1 fully saturated rings. The van der Waals surface area contributed by atoms with Crippen LogP contribution < -0.4 is 5.32 Å². The molecule has 2 nitrogen and oxygen atoms in total. The highest BCUT2D eigenvalue weighted by Crippen LogP contribution is 2.22. The molecule has 0 aromatic rings. The first-order valence-electron chi connectivity index (χ1n) is 5.15. The fraction of sp³-hybridized carbons (Fsp3) is 1.00. The van der Waals surface area contributed by atoms with Gasteiger partial charge in [-0.25, -0.2) is 0 Å². The predicted molar refractivity (Wildman–Crippen MR) is 51.3 cm³/mol. The molecule has 0 saturated heterocycles. The van der Waals surface area contributed by atoms with Crippen LogP contribution in [0.25, 0.3) is 0 Å². The monoisotopic (exact) mass is 171 g/mol. The lowest BCUT2D eigenvalue weighted by molar-refractivity contribution is -0.00857. The topological polar surface area (TPSA) is 21.3 Å². The van der Waals surface area contributed by atoms with Gasteiger partial charge in [0.2, 0.25) is 0 Å². The average Bonchev–Trinajstić information content (AvgIpc) is 2.00. The van der Waals surface area contributed by atoms with E-state index in [1.807, 2.05) is 7.05 Å². The molecule has 0 amide bonds. The molecule has 0 aromatic carbocycles. The van der Waals surface area contributed by atoms with Gasteiger partial charge in [0.05, 0.1) is 12.7 Å². The Balaban J connectivity index is 2.01. The molecule has 1 atom stereocenters. The maximum atomic E-state index is 5.72. The molecule has 0 aromatic heterocycles. The summed E-state index contributed by atoms with van der Waals surface area (Å²) in [5, 5.41) is 3.28. The van der Waals surface area contributed by atoms with E-state index in [0.717, 1.165) is 6.61 Å². The van der Waals surface area contributed by atoms with Crippen molar-refractivity contribution in [3.05, 3.63) is 0 Å². The lowest BCUT2D eigenvalue weighted by Gasteiger charge is -2.27. The first-order chi connectivity index (χ1) is 5.86. The van der Waals surface area contributed by atoms with Crippen molar-refractivity contribution in [1.29, 1.82) is 0 Å². The van der Waals surface area contributed by atoms with Gasteiger partial charge in [0, 0.05) is 6.04 Å². The lowest BCUT2D eigenvalue weighted by atomic mass is 9.96. The minimum Gasteiger partial charge on any atom is -0.377 e. The van der Waals surface area contributed by atoms with Gasteiger partial charge in [-0.3, -0.25) is 0 Å². The molecular weight excluding hydrogens is 150 g/mol. The van der Waals surface area contributed by atoms with E-state index in [1.165, 1.54) is 32.1 Å². The number of hydrogen-bond acceptors (Lipinski definition) is 2. The van der Waals surface area contributed by atoms with Crippen molar-refractivity contribution in [3.8, 4) is 0 Å². The van der Waals surface area contributed by atoms with Crippen LogP contribution in [0.3, 0.4) is 0 Å². The standard InChI is InChI=1S/C10H21NO/c1-3-5-9(11-2)8-12-10-6-4-7-10/h9-11H,3-8H2,1-2H3. The van der Waals surface area contributed by atoms with Crippen LogP contribution in [0.4, 0.5) is 0 Å². The summed E-state index contributed by atoms with van der Waals surface area (Å²) in [6, 6.07) is 0.565. The van der Waals surface area contributed by atoms with E-state index in [0.29, 0.717) is 12.1 Å². The minimum atomic E-state index is 0.565. The minimum absolute atomic E-state index is 0.565. The third-order valence-corrected chi connectivity index (χ3v) is 2.63. The summed E-state index contributed by atoms with van der Waals surface area (Å²) in [5.74, 6) is 0. The second-order valence-corrected chi connectivity index (χ2v) is 3.66. The first kappa shape index (κ1) is 10.0. The van der Waals surface area contributed by atoms with Gasteiger partial charge in [0.1, 0.15) is 0 Å². The summed E-state index contributed by atoms with van der Waals surface area (Å²) in [5.41, 5.74) is 0. The Labute approximate surface area is 75.7 Å². The first-order valence-corrected chi connectivity index (χ1v) is 5.15. The van der Waals surface area contributed by atoms with E-state index in [1.54, 1.807) is 0 Å². The zero-order chi connectivity index (χ0) is 8.81. The van der Waals surface area contributed by atoms with Gasteiger partial charge >= 0.3 is 0 Å². The molecule has 0 spiro atoms. The summed E-state index contributed by atoms with van der Waals surface area (Å²) in [6.45, 7) is 3.11. The van der Waals surface area contributed by atoms with Crippen LogP contribution in [-0.2, 0) is 4.74 Å². The molecule has 1 N–H and O–H groups in total. The Hall–Kier alpha value is -0.0800. The largest absolute Gasteiger partial charge is 0.377 e. The van der Waals surface area contributed by atoms with Gasteiger partial charge in [-0.15, -0.1) is 0 Å². The molecule has 1 aliphatic carbocycles. The number of rotatable bonds is 6. The molecular formula is C10H21NO. The summed E-state index contributed by atoms with van der Waals surface area (Å²) >= 11 is 0. The van der Waals surface area contributed by atoms with Crippen LogP contribution >= 0.6 is 0 Å². The van der Waals surface area contributed by atoms with Gasteiger partial charge in [0.15, 0.2) is 0 Å². The molecule has 12 heavy (non-hydrogen) atoms. The maximum Gasteiger partial charge on any atom is 0.0623 e. The van der Waals surface area contributed by atoms with Gasteiger partial charge in [0.25, 0.3) is 0 Å². The van der Waals surface area contributed by atoms with Crippen LogP contribution in [0.2, 0.25) is 0 Å². The Bertz CT molecular complexity index is 112. The second kappa shape index (κ2) is 5.55. The molecule has 0 heterocycles. The van der Waals surface area contributed by atoms with E-state index in [4.69, 9.17) is 4.74 Å².